The summed E-state index contributed by atoms with van der Waals surface area (Å²) in [5.41, 5.74) is 17.8. The van der Waals surface area contributed by atoms with Gasteiger partial charge in [-0.1, -0.05) is 6.92 Å². The van der Waals surface area contributed by atoms with Gasteiger partial charge in [0.05, 0.1) is 5.41 Å². The van der Waals surface area contributed by atoms with Crippen LogP contribution in [0.15, 0.2) is 0 Å². The van der Waals surface area contributed by atoms with Crippen LogP contribution in [0.2, 0.25) is 0 Å². The number of carbonyl (C=O) groups is 4. The molecule has 4 unspecified atom stereocenters. The van der Waals surface area contributed by atoms with Crippen molar-refractivity contribution in [2.24, 2.45) is 34.3 Å². The van der Waals surface area contributed by atoms with Crippen LogP contribution in [0.4, 0.5) is 0 Å². The number of hydrogen-bond donors (Lipinski definition) is 8. The van der Waals surface area contributed by atoms with E-state index in [9.17, 15) is 19.2 Å². The molecule has 12 N–H and O–H groups in total. The van der Waals surface area contributed by atoms with Crippen LogP contribution in [0, 0.1) is 11.3 Å². The normalized spacial score (nSPS) is 27.8. The Kier molecular flexibility index (Phi) is 10.5. The maximum Gasteiger partial charge on any atom is 0.323 e. The number of carboxylic acids is 4. The van der Waals surface area contributed by atoms with E-state index in [1.54, 1.807) is 6.92 Å². The van der Waals surface area contributed by atoms with Gasteiger partial charge in [-0.15, -0.1) is 0 Å². The number of hydrogen-bond acceptors (Lipinski definition) is 8. The van der Waals surface area contributed by atoms with Crippen LogP contribution in [0.25, 0.3) is 0 Å². The van der Waals surface area contributed by atoms with Crippen molar-refractivity contribution >= 4 is 23.9 Å². The van der Waals surface area contributed by atoms with E-state index < -0.39 is 45.9 Å². The molecule has 3 saturated carbocycles. The molecule has 0 aromatic rings. The van der Waals surface area contributed by atoms with Gasteiger partial charge in [-0.2, -0.15) is 0 Å². The molecule has 0 radical (unpaired) electrons. The highest BCUT2D eigenvalue weighted by Crippen LogP contribution is 2.53. The van der Waals surface area contributed by atoms with E-state index >= 15 is 0 Å². The second kappa shape index (κ2) is 11.2. The van der Waals surface area contributed by atoms with E-state index in [-0.39, 0.29) is 6.04 Å². The SMILES string of the molecule is CC(C)(N)C(=O)O.CCC(C)(N)C(=O)O.NC1(C(=O)O)CC1.NC1CC2CCC1(C(=O)O)C2. The summed E-state index contributed by atoms with van der Waals surface area (Å²) >= 11 is 0. The summed E-state index contributed by atoms with van der Waals surface area (Å²) in [5, 5.41) is 33.6. The largest absolute Gasteiger partial charge is 0.481 e. The molecule has 12 heteroatoms. The summed E-state index contributed by atoms with van der Waals surface area (Å²) in [6.45, 7) is 6.12. The van der Waals surface area contributed by atoms with Crippen LogP contribution in [0.3, 0.4) is 0 Å². The molecule has 4 atom stereocenters. The molecule has 0 aromatic heterocycles. The zero-order valence-electron chi connectivity index (χ0n) is 19.8. The van der Waals surface area contributed by atoms with Crippen molar-refractivity contribution < 1.29 is 39.6 Å². The zero-order chi connectivity index (χ0) is 26.4. The first kappa shape index (κ1) is 30.7. The first-order chi connectivity index (χ1) is 14.7. The Morgan fingerprint density at radius 3 is 1.45 bits per heavy atom. The van der Waals surface area contributed by atoms with Gasteiger partial charge < -0.3 is 43.4 Å². The van der Waals surface area contributed by atoms with Crippen LogP contribution in [-0.2, 0) is 19.2 Å². The van der Waals surface area contributed by atoms with E-state index in [2.05, 4.69) is 0 Å². The molecule has 3 fully saturated rings. The van der Waals surface area contributed by atoms with Gasteiger partial charge in [0.25, 0.3) is 0 Å². The van der Waals surface area contributed by atoms with Crippen molar-refractivity contribution in [1.82, 2.24) is 0 Å². The first-order valence-electron chi connectivity index (χ1n) is 10.8. The highest BCUT2D eigenvalue weighted by molar-refractivity contribution is 5.81. The van der Waals surface area contributed by atoms with Gasteiger partial charge >= 0.3 is 23.9 Å². The molecule has 0 aromatic carbocycles. The third kappa shape index (κ3) is 8.88. The topological polar surface area (TPSA) is 253 Å². The number of rotatable bonds is 5. The van der Waals surface area contributed by atoms with Crippen LogP contribution in [0.5, 0.6) is 0 Å². The van der Waals surface area contributed by atoms with Crippen LogP contribution >= 0.6 is 0 Å². The standard InChI is InChI=1S/C8H13NO2.C5H11NO2.C4H7NO2.C4H9NO2/c9-6-3-5-1-2-8(6,4-5)7(10)11;1-3-5(2,6)4(7)8;5-4(1-2-4)3(6)7;1-4(2,5)3(6)7/h5-6H,1-4,9H2,(H,10,11);3,6H2,1-2H3,(H,7,8);1-2,5H2,(H,6,7);5H2,1-2H3,(H,6,7). The second-order valence-electron chi connectivity index (χ2n) is 9.98. The molecule has 0 amide bonds. The van der Waals surface area contributed by atoms with E-state index in [4.69, 9.17) is 43.4 Å². The van der Waals surface area contributed by atoms with E-state index in [0.29, 0.717) is 25.2 Å². The summed E-state index contributed by atoms with van der Waals surface area (Å²) in [7, 11) is 0. The Morgan fingerprint density at radius 2 is 1.36 bits per heavy atom. The Bertz CT molecular complexity index is 715. The van der Waals surface area contributed by atoms with Gasteiger partial charge in [0.15, 0.2) is 0 Å². The van der Waals surface area contributed by atoms with Crippen LogP contribution < -0.4 is 22.9 Å². The van der Waals surface area contributed by atoms with E-state index in [1.807, 2.05) is 0 Å². The number of aliphatic carboxylic acids is 4. The molecule has 0 saturated heterocycles. The third-order valence-corrected chi connectivity index (χ3v) is 6.36. The maximum atomic E-state index is 10.9. The number of fused-ring (bicyclic) bond motifs is 2. The predicted octanol–water partition coefficient (Wildman–Crippen LogP) is 0.158. The minimum atomic E-state index is -1.08. The van der Waals surface area contributed by atoms with Crippen molar-refractivity contribution in [1.29, 1.82) is 0 Å². The van der Waals surface area contributed by atoms with Crippen molar-refractivity contribution in [2.45, 2.75) is 95.3 Å². The summed E-state index contributed by atoms with van der Waals surface area (Å²) in [6, 6.07) is -0.0845. The first-order valence-corrected chi connectivity index (χ1v) is 10.8. The van der Waals surface area contributed by atoms with E-state index in [1.165, 1.54) is 20.8 Å². The molecule has 33 heavy (non-hydrogen) atoms. The molecule has 3 rings (SSSR count). The van der Waals surface area contributed by atoms with Crippen molar-refractivity contribution in [3.8, 4) is 0 Å². The summed E-state index contributed by atoms with van der Waals surface area (Å²) in [6.07, 6.45) is 5.36. The fourth-order valence-electron chi connectivity index (χ4n) is 3.16. The lowest BCUT2D eigenvalue weighted by Gasteiger charge is -2.27. The third-order valence-electron chi connectivity index (χ3n) is 6.36. The second-order valence-corrected chi connectivity index (χ2v) is 9.98. The van der Waals surface area contributed by atoms with Gasteiger partial charge in [-0.3, -0.25) is 19.2 Å². The van der Waals surface area contributed by atoms with Crippen molar-refractivity contribution in [3.05, 3.63) is 0 Å². The molecule has 0 heterocycles. The molecule has 3 aliphatic rings. The van der Waals surface area contributed by atoms with Crippen LogP contribution in [-0.4, -0.2) is 67.0 Å². The van der Waals surface area contributed by atoms with Crippen molar-refractivity contribution in [3.63, 3.8) is 0 Å². The Balaban J connectivity index is 0.000000424. The Morgan fingerprint density at radius 1 is 0.909 bits per heavy atom. The lowest BCUT2D eigenvalue weighted by molar-refractivity contribution is -0.149. The Hall–Kier alpha value is -2.28. The lowest BCUT2D eigenvalue weighted by atomic mass is 9.80. The number of nitrogens with two attached hydrogens (primary N) is 4. The van der Waals surface area contributed by atoms with Gasteiger partial charge in [-0.25, -0.2) is 0 Å². The average Bonchev–Trinajstić information content (AvgIpc) is 3.17. The highest BCUT2D eigenvalue weighted by atomic mass is 16.4. The smallest absolute Gasteiger partial charge is 0.323 e. The highest BCUT2D eigenvalue weighted by Gasteiger charge is 2.55. The predicted molar refractivity (Wildman–Crippen MR) is 120 cm³/mol. The molecular weight excluding hydrogens is 436 g/mol. The zero-order valence-corrected chi connectivity index (χ0v) is 19.8. The quantitative estimate of drug-likeness (QED) is 0.264. The lowest BCUT2D eigenvalue weighted by Crippen LogP contribution is -2.43. The molecule has 0 spiro atoms. The van der Waals surface area contributed by atoms with Crippen molar-refractivity contribution in [2.75, 3.05) is 0 Å². The van der Waals surface area contributed by atoms with Gasteiger partial charge in [0.1, 0.15) is 16.6 Å². The van der Waals surface area contributed by atoms with Gasteiger partial charge in [-0.05, 0) is 71.6 Å². The van der Waals surface area contributed by atoms with Crippen LogP contribution in [0.1, 0.15) is 72.6 Å². The minimum Gasteiger partial charge on any atom is -0.481 e. The van der Waals surface area contributed by atoms with Gasteiger partial charge in [0.2, 0.25) is 0 Å². The molecule has 3 aliphatic carbocycles. The molecule has 12 nitrogen and oxygen atoms in total. The Labute approximate surface area is 193 Å². The monoisotopic (exact) mass is 476 g/mol. The molecular formula is C21H40N4O8. The molecule has 192 valence electrons. The minimum absolute atomic E-state index is 0.0845. The van der Waals surface area contributed by atoms with Gasteiger partial charge in [0, 0.05) is 6.04 Å². The summed E-state index contributed by atoms with van der Waals surface area (Å²) in [5.74, 6) is -2.87. The summed E-state index contributed by atoms with van der Waals surface area (Å²) < 4.78 is 0. The molecule has 0 aliphatic heterocycles. The number of carboxylic acid groups (broad SMARTS) is 4. The maximum absolute atomic E-state index is 10.9. The average molecular weight is 477 g/mol. The fourth-order valence-corrected chi connectivity index (χ4v) is 3.16. The summed E-state index contributed by atoms with van der Waals surface area (Å²) in [4.78, 5) is 40.9. The fraction of sp³-hybridized carbons (Fsp3) is 0.810. The van der Waals surface area contributed by atoms with E-state index in [0.717, 1.165) is 25.7 Å². The molecule has 2 bridgehead atoms.